The van der Waals surface area contributed by atoms with E-state index in [-0.39, 0.29) is 11.8 Å². The van der Waals surface area contributed by atoms with Crippen LogP contribution in [0.3, 0.4) is 0 Å². The molecule has 0 saturated carbocycles. The van der Waals surface area contributed by atoms with E-state index in [0.29, 0.717) is 0 Å². The number of methoxy groups -OCH3 is 1. The lowest BCUT2D eigenvalue weighted by molar-refractivity contribution is -0.123. The van der Waals surface area contributed by atoms with E-state index in [2.05, 4.69) is 29.6 Å². The van der Waals surface area contributed by atoms with Gasteiger partial charge in [0.1, 0.15) is 5.75 Å². The van der Waals surface area contributed by atoms with Gasteiger partial charge < -0.3 is 10.1 Å². The monoisotopic (exact) mass is 383 g/mol. The minimum atomic E-state index is -0.495. The van der Waals surface area contributed by atoms with E-state index in [0.717, 1.165) is 33.7 Å². The van der Waals surface area contributed by atoms with Gasteiger partial charge in [-0.05, 0) is 54.8 Å². The quantitative estimate of drug-likeness (QED) is 0.575. The van der Waals surface area contributed by atoms with E-state index in [9.17, 15) is 4.79 Å². The van der Waals surface area contributed by atoms with Crippen LogP contribution in [-0.4, -0.2) is 12.9 Å². The van der Waals surface area contributed by atoms with Crippen molar-refractivity contribution in [3.63, 3.8) is 0 Å². The molecule has 29 heavy (non-hydrogen) atoms. The van der Waals surface area contributed by atoms with Crippen molar-refractivity contribution in [2.75, 3.05) is 12.4 Å². The number of ketones is 1. The number of ether oxygens (including phenoxy) is 1. The molecule has 1 atom stereocenters. The molecule has 146 valence electrons. The molecule has 3 heteroatoms. The summed E-state index contributed by atoms with van der Waals surface area (Å²) in [5.74, 6) is 0.989. The van der Waals surface area contributed by atoms with E-state index < -0.39 is 5.41 Å². The zero-order valence-corrected chi connectivity index (χ0v) is 17.0. The number of carbonyl (C=O) groups excluding carboxylic acids is 1. The van der Waals surface area contributed by atoms with Crippen LogP contribution in [0.25, 0.3) is 5.57 Å². The Kier molecular flexibility index (Phi) is 4.98. The first-order valence-electron chi connectivity index (χ1n) is 9.83. The van der Waals surface area contributed by atoms with Gasteiger partial charge in [-0.15, -0.1) is 0 Å². The molecule has 0 radical (unpaired) electrons. The highest BCUT2D eigenvalue weighted by atomic mass is 16.5. The van der Waals surface area contributed by atoms with E-state index >= 15 is 0 Å². The number of anilines is 1. The number of hydrogen-bond donors (Lipinski definition) is 1. The van der Waals surface area contributed by atoms with Crippen LogP contribution in [0.15, 0.2) is 90.5 Å². The zero-order valence-electron chi connectivity index (χ0n) is 17.0. The van der Waals surface area contributed by atoms with Crippen LogP contribution in [0.5, 0.6) is 5.75 Å². The predicted octanol–water partition coefficient (Wildman–Crippen LogP) is 5.91. The minimum Gasteiger partial charge on any atom is -0.497 e. The van der Waals surface area contributed by atoms with E-state index in [4.69, 9.17) is 4.74 Å². The normalized spacial score (nSPS) is 16.2. The third kappa shape index (κ3) is 3.44. The topological polar surface area (TPSA) is 38.3 Å². The number of allylic oxidation sites excluding steroid dienone is 1. The first-order valence-corrected chi connectivity index (χ1v) is 9.83. The van der Waals surface area contributed by atoms with Gasteiger partial charge >= 0.3 is 0 Å². The third-order valence-corrected chi connectivity index (χ3v) is 5.59. The summed E-state index contributed by atoms with van der Waals surface area (Å²) in [5.41, 5.74) is 4.56. The molecule has 0 fully saturated rings. The molecule has 0 unspecified atom stereocenters. The predicted molar refractivity (Wildman–Crippen MR) is 118 cm³/mol. The van der Waals surface area contributed by atoms with Crippen molar-refractivity contribution >= 4 is 17.0 Å². The average molecular weight is 383 g/mol. The smallest absolute Gasteiger partial charge is 0.171 e. The SMILES string of the molecule is COc1ccc(N[C@@H](C2=C(c3ccccc3)C(C)(C)C2=O)c2ccccc2)cc1. The van der Waals surface area contributed by atoms with Crippen LogP contribution in [0.1, 0.15) is 31.0 Å². The Morgan fingerprint density at radius 1 is 0.828 bits per heavy atom. The lowest BCUT2D eigenvalue weighted by Crippen LogP contribution is -2.42. The number of rotatable bonds is 6. The van der Waals surface area contributed by atoms with Crippen molar-refractivity contribution in [3.05, 3.63) is 102 Å². The molecule has 1 N–H and O–H groups in total. The largest absolute Gasteiger partial charge is 0.497 e. The molecule has 3 aromatic carbocycles. The summed E-state index contributed by atoms with van der Waals surface area (Å²) in [4.78, 5) is 13.3. The highest BCUT2D eigenvalue weighted by Gasteiger charge is 2.49. The second-order valence-electron chi connectivity index (χ2n) is 7.83. The first kappa shape index (κ1) is 19.0. The molecular formula is C26H25NO2. The maximum Gasteiger partial charge on any atom is 0.171 e. The van der Waals surface area contributed by atoms with E-state index in [1.165, 1.54) is 0 Å². The number of Topliss-reactive ketones (excluding diaryl/α,β-unsaturated/α-hetero) is 1. The molecule has 0 spiro atoms. The van der Waals surface area contributed by atoms with Gasteiger partial charge in [-0.25, -0.2) is 0 Å². The fraction of sp³-hybridized carbons (Fsp3) is 0.192. The van der Waals surface area contributed by atoms with Crippen LogP contribution >= 0.6 is 0 Å². The molecular weight excluding hydrogens is 358 g/mol. The molecule has 1 aliphatic carbocycles. The van der Waals surface area contributed by atoms with Crippen LogP contribution in [0.2, 0.25) is 0 Å². The van der Waals surface area contributed by atoms with E-state index in [1.54, 1.807) is 7.11 Å². The lowest BCUT2D eigenvalue weighted by atomic mass is 9.60. The first-order chi connectivity index (χ1) is 14.0. The van der Waals surface area contributed by atoms with Crippen molar-refractivity contribution in [2.45, 2.75) is 19.9 Å². The molecule has 0 heterocycles. The summed E-state index contributed by atoms with van der Waals surface area (Å²) in [6, 6.07) is 27.9. The Morgan fingerprint density at radius 3 is 2.00 bits per heavy atom. The van der Waals surface area contributed by atoms with Gasteiger partial charge in [0.25, 0.3) is 0 Å². The van der Waals surface area contributed by atoms with Crippen molar-refractivity contribution in [2.24, 2.45) is 5.41 Å². The van der Waals surface area contributed by atoms with Crippen LogP contribution in [0.4, 0.5) is 5.69 Å². The Morgan fingerprint density at radius 2 is 1.41 bits per heavy atom. The van der Waals surface area contributed by atoms with Gasteiger partial charge in [-0.3, -0.25) is 4.79 Å². The number of nitrogens with one attached hydrogen (secondary N) is 1. The van der Waals surface area contributed by atoms with Crippen molar-refractivity contribution in [1.29, 1.82) is 0 Å². The average Bonchev–Trinajstić information content (AvgIpc) is 2.77. The molecule has 0 aliphatic heterocycles. The molecule has 3 aromatic rings. The van der Waals surface area contributed by atoms with Crippen molar-refractivity contribution in [1.82, 2.24) is 0 Å². The summed E-state index contributed by atoms with van der Waals surface area (Å²) < 4.78 is 5.27. The lowest BCUT2D eigenvalue weighted by Gasteiger charge is -2.43. The Bertz CT molecular complexity index is 1040. The van der Waals surface area contributed by atoms with Gasteiger partial charge in [0.15, 0.2) is 5.78 Å². The Labute approximate surface area is 172 Å². The fourth-order valence-electron chi connectivity index (χ4n) is 4.06. The van der Waals surface area contributed by atoms with Crippen molar-refractivity contribution in [3.8, 4) is 5.75 Å². The summed E-state index contributed by atoms with van der Waals surface area (Å²) >= 11 is 0. The molecule has 1 aliphatic rings. The Balaban J connectivity index is 1.82. The van der Waals surface area contributed by atoms with Gasteiger partial charge in [0.2, 0.25) is 0 Å². The number of carbonyl (C=O) groups is 1. The van der Waals surface area contributed by atoms with Gasteiger partial charge in [0, 0.05) is 11.3 Å². The molecule has 0 saturated heterocycles. The molecule has 0 bridgehead atoms. The summed E-state index contributed by atoms with van der Waals surface area (Å²) in [6.45, 7) is 4.02. The molecule has 0 amide bonds. The number of benzene rings is 3. The summed E-state index contributed by atoms with van der Waals surface area (Å²) in [5, 5.41) is 3.58. The van der Waals surface area contributed by atoms with Crippen LogP contribution in [0, 0.1) is 5.41 Å². The van der Waals surface area contributed by atoms with Gasteiger partial charge in [-0.2, -0.15) is 0 Å². The Hall–Kier alpha value is -3.33. The minimum absolute atomic E-state index is 0.186. The zero-order chi connectivity index (χ0) is 20.4. The third-order valence-electron chi connectivity index (χ3n) is 5.59. The molecule has 3 nitrogen and oxygen atoms in total. The summed E-state index contributed by atoms with van der Waals surface area (Å²) in [6.07, 6.45) is 0. The van der Waals surface area contributed by atoms with Gasteiger partial charge in [-0.1, -0.05) is 60.7 Å². The fourth-order valence-corrected chi connectivity index (χ4v) is 4.06. The maximum absolute atomic E-state index is 13.3. The summed E-state index contributed by atoms with van der Waals surface area (Å²) in [7, 11) is 1.65. The van der Waals surface area contributed by atoms with Gasteiger partial charge in [0.05, 0.1) is 18.6 Å². The van der Waals surface area contributed by atoms with Crippen LogP contribution < -0.4 is 10.1 Å². The van der Waals surface area contributed by atoms with Crippen LogP contribution in [-0.2, 0) is 4.79 Å². The highest BCUT2D eigenvalue weighted by molar-refractivity contribution is 6.22. The highest BCUT2D eigenvalue weighted by Crippen LogP contribution is 2.53. The number of hydrogen-bond acceptors (Lipinski definition) is 3. The second kappa shape index (κ2) is 7.59. The van der Waals surface area contributed by atoms with Crippen molar-refractivity contribution < 1.29 is 9.53 Å². The molecule has 0 aromatic heterocycles. The molecule has 4 rings (SSSR count). The standard InChI is InChI=1S/C26H25NO2/c1-26(2)23(18-10-6-4-7-11-18)22(25(26)28)24(19-12-8-5-9-13-19)27-20-14-16-21(29-3)17-15-20/h4-17,24,27H,1-3H3/t24-/m1/s1. The van der Waals surface area contributed by atoms with E-state index in [1.807, 2.05) is 74.5 Å². The second-order valence-corrected chi connectivity index (χ2v) is 7.83. The maximum atomic E-state index is 13.3.